The maximum Gasteiger partial charge on any atom is 0.166 e. The van der Waals surface area contributed by atoms with E-state index >= 15 is 0 Å². The largest absolute Gasteiger partial charge is 0.497 e. The fourth-order valence-electron chi connectivity index (χ4n) is 1.84. The highest BCUT2D eigenvalue weighted by Crippen LogP contribution is 2.25. The smallest absolute Gasteiger partial charge is 0.166 e. The fraction of sp³-hybridized carbons (Fsp3) is 0.143. The van der Waals surface area contributed by atoms with E-state index in [0.29, 0.717) is 5.15 Å². The molecule has 0 fully saturated rings. The van der Waals surface area contributed by atoms with Gasteiger partial charge in [0.25, 0.3) is 0 Å². The Kier molecular flexibility index (Phi) is 3.80. The average Bonchev–Trinajstić information content (AvgIpc) is 2.87. The standard InChI is InChI=1S/C14H12ClN3OS/c1-19-10-2-3-11-12(7-10)18-14(17-11)20-8-9-4-5-16-13(15)6-9/h2-7H,8H2,1H3,(H,17,18). The molecule has 102 valence electrons. The van der Waals surface area contributed by atoms with E-state index in [1.807, 2.05) is 30.3 Å². The molecule has 4 nitrogen and oxygen atoms in total. The third-order valence-corrected chi connectivity index (χ3v) is 3.99. The number of hydrogen-bond donors (Lipinski definition) is 1. The molecule has 0 aliphatic carbocycles. The third-order valence-electron chi connectivity index (χ3n) is 2.83. The van der Waals surface area contributed by atoms with Gasteiger partial charge in [0, 0.05) is 18.0 Å². The van der Waals surface area contributed by atoms with E-state index in [0.717, 1.165) is 33.3 Å². The highest BCUT2D eigenvalue weighted by molar-refractivity contribution is 7.98. The minimum absolute atomic E-state index is 0.512. The van der Waals surface area contributed by atoms with E-state index in [2.05, 4.69) is 15.0 Å². The van der Waals surface area contributed by atoms with E-state index in [4.69, 9.17) is 16.3 Å². The number of methoxy groups -OCH3 is 1. The van der Waals surface area contributed by atoms with Gasteiger partial charge in [-0.3, -0.25) is 0 Å². The summed E-state index contributed by atoms with van der Waals surface area (Å²) in [6, 6.07) is 9.60. The van der Waals surface area contributed by atoms with Gasteiger partial charge in [0.2, 0.25) is 0 Å². The van der Waals surface area contributed by atoms with Gasteiger partial charge in [-0.2, -0.15) is 0 Å². The van der Waals surface area contributed by atoms with Gasteiger partial charge in [0.1, 0.15) is 10.9 Å². The number of hydrogen-bond acceptors (Lipinski definition) is 4. The molecule has 3 rings (SSSR count). The van der Waals surface area contributed by atoms with Crippen molar-refractivity contribution >= 4 is 34.4 Å². The molecule has 0 aliphatic heterocycles. The number of H-pyrrole nitrogens is 1. The number of nitrogens with one attached hydrogen (secondary N) is 1. The number of halogens is 1. The lowest BCUT2D eigenvalue weighted by Crippen LogP contribution is -1.83. The van der Waals surface area contributed by atoms with Crippen LogP contribution in [0.4, 0.5) is 0 Å². The van der Waals surface area contributed by atoms with Crippen LogP contribution in [0.15, 0.2) is 41.7 Å². The molecular weight excluding hydrogens is 294 g/mol. The van der Waals surface area contributed by atoms with Crippen LogP contribution in [0, 0.1) is 0 Å². The molecule has 0 saturated heterocycles. The van der Waals surface area contributed by atoms with E-state index in [1.54, 1.807) is 25.1 Å². The van der Waals surface area contributed by atoms with Crippen LogP contribution in [0.25, 0.3) is 11.0 Å². The minimum atomic E-state index is 0.512. The molecule has 1 aromatic carbocycles. The molecule has 0 saturated carbocycles. The van der Waals surface area contributed by atoms with Crippen LogP contribution in [0.5, 0.6) is 5.75 Å². The summed E-state index contributed by atoms with van der Waals surface area (Å²) < 4.78 is 5.20. The van der Waals surface area contributed by atoms with Gasteiger partial charge in [-0.1, -0.05) is 23.4 Å². The SMILES string of the molecule is COc1ccc2nc(SCc3ccnc(Cl)c3)[nH]c2c1. The van der Waals surface area contributed by atoms with Crippen LogP contribution >= 0.6 is 23.4 Å². The number of ether oxygens (including phenoxy) is 1. The van der Waals surface area contributed by atoms with Crippen molar-refractivity contribution in [3.8, 4) is 5.75 Å². The number of pyridine rings is 1. The average molecular weight is 306 g/mol. The molecule has 6 heteroatoms. The molecule has 2 heterocycles. The van der Waals surface area contributed by atoms with Gasteiger partial charge < -0.3 is 9.72 Å². The zero-order chi connectivity index (χ0) is 13.9. The zero-order valence-electron chi connectivity index (χ0n) is 10.8. The van der Waals surface area contributed by atoms with Gasteiger partial charge >= 0.3 is 0 Å². The molecule has 0 atom stereocenters. The summed E-state index contributed by atoms with van der Waals surface area (Å²) in [4.78, 5) is 11.8. The van der Waals surface area contributed by atoms with Gasteiger partial charge in [-0.15, -0.1) is 0 Å². The molecule has 0 amide bonds. The lowest BCUT2D eigenvalue weighted by Gasteiger charge is -1.98. The van der Waals surface area contributed by atoms with Crippen molar-refractivity contribution in [3.63, 3.8) is 0 Å². The normalized spacial score (nSPS) is 10.9. The topological polar surface area (TPSA) is 50.8 Å². The van der Waals surface area contributed by atoms with Crippen LogP contribution in [-0.4, -0.2) is 22.1 Å². The first-order valence-corrected chi connectivity index (χ1v) is 7.38. The van der Waals surface area contributed by atoms with Crippen molar-refractivity contribution in [2.75, 3.05) is 7.11 Å². The van der Waals surface area contributed by atoms with Crippen molar-refractivity contribution in [2.45, 2.75) is 10.9 Å². The Bertz CT molecular complexity index is 744. The second-order valence-corrected chi connectivity index (χ2v) is 5.55. The third kappa shape index (κ3) is 2.89. The Morgan fingerprint density at radius 1 is 1.30 bits per heavy atom. The predicted octanol–water partition coefficient (Wildman–Crippen LogP) is 3.91. The Morgan fingerprint density at radius 3 is 3.00 bits per heavy atom. The van der Waals surface area contributed by atoms with Crippen molar-refractivity contribution in [1.82, 2.24) is 15.0 Å². The molecule has 0 spiro atoms. The molecule has 0 radical (unpaired) electrons. The van der Waals surface area contributed by atoms with E-state index < -0.39 is 0 Å². The van der Waals surface area contributed by atoms with Crippen LogP contribution in [0.3, 0.4) is 0 Å². The van der Waals surface area contributed by atoms with E-state index in [9.17, 15) is 0 Å². The lowest BCUT2D eigenvalue weighted by molar-refractivity contribution is 0.415. The Morgan fingerprint density at radius 2 is 2.20 bits per heavy atom. The van der Waals surface area contributed by atoms with Crippen molar-refractivity contribution in [1.29, 1.82) is 0 Å². The summed E-state index contributed by atoms with van der Waals surface area (Å²) in [5, 5.41) is 1.39. The van der Waals surface area contributed by atoms with E-state index in [-0.39, 0.29) is 0 Å². The Balaban J connectivity index is 1.77. The number of aromatic nitrogens is 3. The number of imidazole rings is 1. The van der Waals surface area contributed by atoms with Gasteiger partial charge in [-0.25, -0.2) is 9.97 Å². The zero-order valence-corrected chi connectivity index (χ0v) is 12.3. The second-order valence-electron chi connectivity index (χ2n) is 4.20. The maximum absolute atomic E-state index is 5.87. The molecule has 20 heavy (non-hydrogen) atoms. The summed E-state index contributed by atoms with van der Waals surface area (Å²) in [7, 11) is 1.65. The molecule has 0 aliphatic rings. The maximum atomic E-state index is 5.87. The number of fused-ring (bicyclic) bond motifs is 1. The van der Waals surface area contributed by atoms with Crippen LogP contribution in [0.1, 0.15) is 5.56 Å². The minimum Gasteiger partial charge on any atom is -0.497 e. The Hall–Kier alpha value is -1.72. The highest BCUT2D eigenvalue weighted by atomic mass is 35.5. The van der Waals surface area contributed by atoms with Crippen molar-refractivity contribution < 1.29 is 4.74 Å². The predicted molar refractivity (Wildman–Crippen MR) is 81.5 cm³/mol. The number of thioether (sulfide) groups is 1. The molecule has 3 aromatic rings. The first-order chi connectivity index (χ1) is 9.74. The Labute approximate surface area is 125 Å². The lowest BCUT2D eigenvalue weighted by atomic mass is 10.3. The van der Waals surface area contributed by atoms with Crippen LogP contribution < -0.4 is 4.74 Å². The monoisotopic (exact) mass is 305 g/mol. The van der Waals surface area contributed by atoms with Crippen molar-refractivity contribution in [3.05, 3.63) is 47.2 Å². The molecule has 2 aromatic heterocycles. The van der Waals surface area contributed by atoms with Gasteiger partial charge in [0.15, 0.2) is 5.16 Å². The van der Waals surface area contributed by atoms with Crippen LogP contribution in [-0.2, 0) is 5.75 Å². The second kappa shape index (κ2) is 5.73. The number of rotatable bonds is 4. The number of benzene rings is 1. The number of nitrogens with zero attached hydrogens (tertiary/aromatic N) is 2. The number of aromatic amines is 1. The molecule has 0 unspecified atom stereocenters. The highest BCUT2D eigenvalue weighted by Gasteiger charge is 2.05. The molecule has 0 bridgehead atoms. The van der Waals surface area contributed by atoms with E-state index in [1.165, 1.54) is 0 Å². The molecule has 1 N–H and O–H groups in total. The summed E-state index contributed by atoms with van der Waals surface area (Å²) in [6.07, 6.45) is 1.71. The van der Waals surface area contributed by atoms with Crippen molar-refractivity contribution in [2.24, 2.45) is 0 Å². The quantitative estimate of drug-likeness (QED) is 0.586. The first-order valence-electron chi connectivity index (χ1n) is 6.01. The summed E-state index contributed by atoms with van der Waals surface area (Å²) in [6.45, 7) is 0. The first kappa shape index (κ1) is 13.3. The molecular formula is C14H12ClN3OS. The van der Waals surface area contributed by atoms with Crippen LogP contribution in [0.2, 0.25) is 5.15 Å². The van der Waals surface area contributed by atoms with Gasteiger partial charge in [0.05, 0.1) is 18.1 Å². The summed E-state index contributed by atoms with van der Waals surface area (Å²) in [5.41, 5.74) is 3.02. The summed E-state index contributed by atoms with van der Waals surface area (Å²) in [5.74, 6) is 1.61. The van der Waals surface area contributed by atoms with Gasteiger partial charge in [-0.05, 0) is 29.8 Å². The fourth-order valence-corrected chi connectivity index (χ4v) is 2.87. The summed E-state index contributed by atoms with van der Waals surface area (Å²) >= 11 is 7.49.